The molecule has 0 amide bonds. The molecule has 0 saturated heterocycles. The van der Waals surface area contributed by atoms with Gasteiger partial charge >= 0.3 is 6.18 Å². The van der Waals surface area contributed by atoms with Crippen molar-refractivity contribution in [3.63, 3.8) is 0 Å². The molecule has 0 aromatic heterocycles. The fourth-order valence-electron chi connectivity index (χ4n) is 2.15. The molecule has 7 heteroatoms. The molecule has 0 radical (unpaired) electrons. The van der Waals surface area contributed by atoms with Crippen LogP contribution in [0.1, 0.15) is 48.7 Å². The summed E-state index contributed by atoms with van der Waals surface area (Å²) in [5.74, 6) is 0.506. The van der Waals surface area contributed by atoms with Crippen molar-refractivity contribution in [1.29, 1.82) is 0 Å². The second-order valence-corrected chi connectivity index (χ2v) is 6.80. The van der Waals surface area contributed by atoms with Crippen molar-refractivity contribution in [1.82, 2.24) is 0 Å². The van der Waals surface area contributed by atoms with Crippen LogP contribution in [0, 0.1) is 13.8 Å². The molecule has 33 heavy (non-hydrogen) atoms. The SMILES string of the molecule is C=C(C)OC.C=CC.CCOC.Cc1ccc2c(c1C)C(=O)C/C(C(F)(F)F)=C\C=C/CO2. The number of halogens is 3. The first kappa shape index (κ1) is 32.4. The molecule has 2 rings (SSSR count). The summed E-state index contributed by atoms with van der Waals surface area (Å²) in [4.78, 5) is 12.3. The molecule has 1 aliphatic rings. The fraction of sp³-hybridized carbons (Fsp3) is 0.423. The molecule has 1 aromatic rings. The van der Waals surface area contributed by atoms with Crippen LogP contribution in [0.15, 0.2) is 60.9 Å². The molecule has 4 nitrogen and oxygen atoms in total. The Balaban J connectivity index is 0. The Labute approximate surface area is 196 Å². The first-order valence-corrected chi connectivity index (χ1v) is 10.4. The lowest BCUT2D eigenvalue weighted by Gasteiger charge is -2.17. The van der Waals surface area contributed by atoms with Crippen LogP contribution in [0.5, 0.6) is 5.75 Å². The van der Waals surface area contributed by atoms with E-state index in [9.17, 15) is 18.0 Å². The molecule has 0 saturated carbocycles. The zero-order chi connectivity index (χ0) is 26.0. The Morgan fingerprint density at radius 3 is 2.18 bits per heavy atom. The first-order valence-electron chi connectivity index (χ1n) is 10.4. The molecule has 0 atom stereocenters. The predicted octanol–water partition coefficient (Wildman–Crippen LogP) is 7.32. The molecule has 1 aromatic carbocycles. The highest BCUT2D eigenvalue weighted by atomic mass is 19.4. The number of hydrogen-bond acceptors (Lipinski definition) is 4. The van der Waals surface area contributed by atoms with Gasteiger partial charge in [-0.2, -0.15) is 13.2 Å². The van der Waals surface area contributed by atoms with Crippen LogP contribution in [0.25, 0.3) is 0 Å². The summed E-state index contributed by atoms with van der Waals surface area (Å²) >= 11 is 0. The minimum absolute atomic E-state index is 0.115. The van der Waals surface area contributed by atoms with Crippen LogP contribution in [0.4, 0.5) is 13.2 Å². The van der Waals surface area contributed by atoms with E-state index in [1.54, 1.807) is 46.3 Å². The van der Waals surface area contributed by atoms with Crippen LogP contribution in [-0.4, -0.2) is 39.4 Å². The third-order valence-corrected chi connectivity index (χ3v) is 4.10. The van der Waals surface area contributed by atoms with Gasteiger partial charge in [0.2, 0.25) is 0 Å². The molecule has 0 fully saturated rings. The van der Waals surface area contributed by atoms with Gasteiger partial charge in [-0.15, -0.1) is 6.58 Å². The molecule has 0 unspecified atom stereocenters. The lowest BCUT2D eigenvalue weighted by Crippen LogP contribution is -2.17. The van der Waals surface area contributed by atoms with E-state index in [-0.39, 0.29) is 12.2 Å². The second-order valence-electron chi connectivity index (χ2n) is 6.80. The molecule has 186 valence electrons. The van der Waals surface area contributed by atoms with Crippen molar-refractivity contribution in [2.75, 3.05) is 27.4 Å². The molecule has 0 aliphatic carbocycles. The summed E-state index contributed by atoms with van der Waals surface area (Å²) < 4.78 is 53.4. The van der Waals surface area contributed by atoms with E-state index < -0.39 is 24.0 Å². The van der Waals surface area contributed by atoms with Crippen LogP contribution < -0.4 is 4.74 Å². The van der Waals surface area contributed by atoms with Gasteiger partial charge < -0.3 is 14.2 Å². The predicted molar refractivity (Wildman–Crippen MR) is 129 cm³/mol. The van der Waals surface area contributed by atoms with E-state index in [0.717, 1.165) is 24.0 Å². The van der Waals surface area contributed by atoms with Gasteiger partial charge in [0.25, 0.3) is 0 Å². The largest absolute Gasteiger partial charge is 0.502 e. The van der Waals surface area contributed by atoms with Crippen molar-refractivity contribution in [3.8, 4) is 5.75 Å². The number of carbonyl (C=O) groups is 1. The number of aryl methyl sites for hydroxylation is 1. The molecule has 0 bridgehead atoms. The maximum Gasteiger partial charge on any atom is 0.413 e. The van der Waals surface area contributed by atoms with Crippen LogP contribution in [-0.2, 0) is 9.47 Å². The number of allylic oxidation sites excluding steroid dienone is 5. The van der Waals surface area contributed by atoms with Crippen molar-refractivity contribution in [3.05, 3.63) is 77.6 Å². The summed E-state index contributed by atoms with van der Waals surface area (Å²) in [7, 11) is 3.28. The Morgan fingerprint density at radius 2 is 1.76 bits per heavy atom. The molecule has 1 aliphatic heterocycles. The number of methoxy groups -OCH3 is 2. The monoisotopic (exact) mass is 470 g/mol. The normalized spacial score (nSPS) is 15.1. The average Bonchev–Trinajstić information content (AvgIpc) is 2.75. The van der Waals surface area contributed by atoms with Crippen LogP contribution in [0.3, 0.4) is 0 Å². The number of Topliss-reactive ketones (excluding diaryl/α,β-unsaturated/α-hetero) is 1. The van der Waals surface area contributed by atoms with Crippen molar-refractivity contribution < 1.29 is 32.2 Å². The number of fused-ring (bicyclic) bond motifs is 1. The van der Waals surface area contributed by atoms with Crippen molar-refractivity contribution in [2.24, 2.45) is 0 Å². The van der Waals surface area contributed by atoms with E-state index >= 15 is 0 Å². The van der Waals surface area contributed by atoms with E-state index in [1.807, 2.05) is 20.8 Å². The molecule has 0 N–H and O–H groups in total. The zero-order valence-corrected chi connectivity index (χ0v) is 20.8. The van der Waals surface area contributed by atoms with Gasteiger partial charge in [0, 0.05) is 25.7 Å². The van der Waals surface area contributed by atoms with Crippen LogP contribution in [0.2, 0.25) is 0 Å². The smallest absolute Gasteiger partial charge is 0.413 e. The molecular formula is C26H37F3O4. The Hall–Kier alpha value is -2.80. The Bertz CT molecular complexity index is 804. The van der Waals surface area contributed by atoms with Crippen LogP contribution >= 0.6 is 0 Å². The number of rotatable bonds is 2. The van der Waals surface area contributed by atoms with Gasteiger partial charge in [-0.25, -0.2) is 0 Å². The number of ketones is 1. The van der Waals surface area contributed by atoms with Gasteiger partial charge in [-0.05, 0) is 57.9 Å². The quantitative estimate of drug-likeness (QED) is 0.335. The number of alkyl halides is 3. The van der Waals surface area contributed by atoms with E-state index in [2.05, 4.69) is 22.6 Å². The number of benzene rings is 1. The molecule has 0 spiro atoms. The molecule has 1 heterocycles. The summed E-state index contributed by atoms with van der Waals surface area (Å²) in [5.41, 5.74) is 0.886. The van der Waals surface area contributed by atoms with Gasteiger partial charge in [0.1, 0.15) is 12.4 Å². The lowest BCUT2D eigenvalue weighted by molar-refractivity contribution is -0.0931. The van der Waals surface area contributed by atoms with Crippen molar-refractivity contribution in [2.45, 2.75) is 47.2 Å². The highest BCUT2D eigenvalue weighted by Crippen LogP contribution is 2.33. The topological polar surface area (TPSA) is 44.8 Å². The minimum atomic E-state index is -4.52. The maximum absolute atomic E-state index is 12.9. The number of hydrogen-bond donors (Lipinski definition) is 0. The zero-order valence-electron chi connectivity index (χ0n) is 20.8. The highest BCUT2D eigenvalue weighted by molar-refractivity contribution is 6.01. The molecular weight excluding hydrogens is 433 g/mol. The third-order valence-electron chi connectivity index (χ3n) is 4.10. The fourth-order valence-corrected chi connectivity index (χ4v) is 2.15. The van der Waals surface area contributed by atoms with Gasteiger partial charge in [0.15, 0.2) is 5.78 Å². The Morgan fingerprint density at radius 1 is 1.24 bits per heavy atom. The lowest BCUT2D eigenvalue weighted by atomic mass is 9.94. The highest BCUT2D eigenvalue weighted by Gasteiger charge is 2.35. The van der Waals surface area contributed by atoms with E-state index in [4.69, 9.17) is 4.74 Å². The second kappa shape index (κ2) is 17.7. The number of ether oxygens (including phenoxy) is 3. The van der Waals surface area contributed by atoms with E-state index in [0.29, 0.717) is 11.3 Å². The third kappa shape index (κ3) is 14.1. The average molecular weight is 471 g/mol. The van der Waals surface area contributed by atoms with E-state index in [1.165, 1.54) is 12.2 Å². The summed E-state index contributed by atoms with van der Waals surface area (Å²) in [5, 5.41) is 0. The first-order chi connectivity index (χ1) is 15.4. The number of carbonyl (C=O) groups excluding carboxylic acids is 1. The standard InChI is InChI=1S/C16H15F3O2.C4H8O.C3H8O.C3H6/c1-10-6-7-14-15(11(10)2)13(20)9-12(16(17,18)19)5-3-4-8-21-14;1-4(2)5-3;1-3-4-2;1-3-2/h3-7H,8-9H2,1-2H3;1H2,2-3H3;3H2,1-2H3;3H,1H2,2H3/b4-3-,12-5+;;;. The summed E-state index contributed by atoms with van der Waals surface area (Å²) in [6.07, 6.45) is 0.229. The van der Waals surface area contributed by atoms with Gasteiger partial charge in [-0.3, -0.25) is 4.79 Å². The maximum atomic E-state index is 12.9. The summed E-state index contributed by atoms with van der Waals surface area (Å²) in [6.45, 7) is 16.9. The van der Waals surface area contributed by atoms with Gasteiger partial charge in [0.05, 0.1) is 18.4 Å². The van der Waals surface area contributed by atoms with Gasteiger partial charge in [-0.1, -0.05) is 30.9 Å². The minimum Gasteiger partial charge on any atom is -0.502 e. The van der Waals surface area contributed by atoms with Crippen molar-refractivity contribution >= 4 is 5.78 Å². The Kier molecular flexibility index (Phi) is 17.4. The summed E-state index contributed by atoms with van der Waals surface area (Å²) in [6, 6.07) is 3.42.